The van der Waals surface area contributed by atoms with Crippen molar-refractivity contribution >= 4 is 5.97 Å². The zero-order valence-corrected chi connectivity index (χ0v) is 27.8. The topological polar surface area (TPSA) is 185 Å². The molecular weight excluding hydrogens is 612 g/mol. The Labute approximate surface area is 276 Å². The maximum atomic E-state index is 12.5. The Morgan fingerprint density at radius 1 is 0.894 bits per heavy atom. The molecular formula is C35H54O12. The van der Waals surface area contributed by atoms with E-state index in [0.717, 1.165) is 63.4 Å². The number of carbonyl (C=O) groups is 1. The van der Waals surface area contributed by atoms with Crippen LogP contribution in [0.4, 0.5) is 0 Å². The average Bonchev–Trinajstić information content (AvgIpc) is 3.58. The molecule has 0 amide bonds. The lowest BCUT2D eigenvalue weighted by Gasteiger charge is -2.64. The van der Waals surface area contributed by atoms with Crippen LogP contribution in [-0.4, -0.2) is 117 Å². The van der Waals surface area contributed by atoms with Gasteiger partial charge in [-0.15, -0.1) is 0 Å². The number of aliphatic hydroxyl groups is 6. The molecule has 0 bridgehead atoms. The van der Waals surface area contributed by atoms with E-state index in [-0.39, 0.29) is 41.2 Å². The van der Waals surface area contributed by atoms with Gasteiger partial charge in [0.25, 0.3) is 0 Å². The normalized spacial score (nSPS) is 54.7. The minimum atomic E-state index is -1.57. The first kappa shape index (κ1) is 34.3. The molecule has 7 aliphatic rings. The van der Waals surface area contributed by atoms with E-state index >= 15 is 0 Å². The molecule has 0 aromatic heterocycles. The predicted molar refractivity (Wildman–Crippen MR) is 164 cm³/mol. The fourth-order valence-corrected chi connectivity index (χ4v) is 11.3. The smallest absolute Gasteiger partial charge is 0.331 e. The Kier molecular flexibility index (Phi) is 9.14. The van der Waals surface area contributed by atoms with Crippen LogP contribution in [-0.2, 0) is 28.5 Å². The molecule has 6 fully saturated rings. The SMILES string of the molecule is CC1OC(OC2CCC3(C)C(CCC4C3CCC3(C)C(C5=CC(=O)OC5)CCC43O)C2)CC(O)C1OC1OC(CO)C(O)C(O)C1O. The standard InChI is InChI=1S/C35H54O12/c1-17-31(47-32-30(41)29(40)28(39)25(15-36)46-32)24(37)14-27(44-17)45-20-6-9-33(2)19(13-20)4-5-23-22(33)7-10-34(3)21(8-11-35(23,34)42)18-12-26(38)43-16-18/h12,17,19-25,27-32,36-37,39-42H,4-11,13-16H2,1-3H3. The van der Waals surface area contributed by atoms with Gasteiger partial charge in [-0.3, -0.25) is 0 Å². The lowest BCUT2D eigenvalue weighted by atomic mass is 9.43. The molecule has 0 spiro atoms. The Morgan fingerprint density at radius 3 is 2.38 bits per heavy atom. The van der Waals surface area contributed by atoms with E-state index in [1.54, 1.807) is 13.0 Å². The van der Waals surface area contributed by atoms with Gasteiger partial charge in [0, 0.05) is 17.9 Å². The molecule has 4 saturated carbocycles. The third-order valence-corrected chi connectivity index (χ3v) is 14.1. The largest absolute Gasteiger partial charge is 0.458 e. The highest BCUT2D eigenvalue weighted by Gasteiger charge is 2.67. The predicted octanol–water partition coefficient (Wildman–Crippen LogP) is 1.31. The van der Waals surface area contributed by atoms with Crippen LogP contribution < -0.4 is 0 Å². The Balaban J connectivity index is 0.958. The van der Waals surface area contributed by atoms with Crippen LogP contribution in [0.15, 0.2) is 11.6 Å². The minimum Gasteiger partial charge on any atom is -0.458 e. The highest BCUT2D eigenvalue weighted by molar-refractivity contribution is 5.85. The molecule has 12 heteroatoms. The fourth-order valence-electron chi connectivity index (χ4n) is 11.3. The van der Waals surface area contributed by atoms with Gasteiger partial charge in [0.15, 0.2) is 12.6 Å². The van der Waals surface area contributed by atoms with Crippen molar-refractivity contribution in [3.05, 3.63) is 11.6 Å². The second-order valence-electron chi connectivity index (χ2n) is 16.2. The molecule has 0 aromatic carbocycles. The summed E-state index contributed by atoms with van der Waals surface area (Å²) in [6.45, 7) is 6.22. The van der Waals surface area contributed by atoms with Crippen molar-refractivity contribution in [1.82, 2.24) is 0 Å². The molecule has 266 valence electrons. The number of esters is 1. The van der Waals surface area contributed by atoms with Crippen molar-refractivity contribution in [2.75, 3.05) is 13.2 Å². The zero-order valence-electron chi connectivity index (χ0n) is 27.8. The Morgan fingerprint density at radius 2 is 1.68 bits per heavy atom. The van der Waals surface area contributed by atoms with Crippen molar-refractivity contribution in [1.29, 1.82) is 0 Å². The number of ether oxygens (including phenoxy) is 5. The molecule has 47 heavy (non-hydrogen) atoms. The maximum Gasteiger partial charge on any atom is 0.331 e. The molecule has 17 unspecified atom stereocenters. The minimum absolute atomic E-state index is 0.0171. The van der Waals surface area contributed by atoms with Crippen LogP contribution in [0.25, 0.3) is 0 Å². The van der Waals surface area contributed by atoms with Crippen molar-refractivity contribution in [3.63, 3.8) is 0 Å². The number of rotatable bonds is 6. The van der Waals surface area contributed by atoms with Crippen molar-refractivity contribution in [2.45, 2.75) is 152 Å². The second-order valence-corrected chi connectivity index (χ2v) is 16.2. The number of fused-ring (bicyclic) bond motifs is 5. The van der Waals surface area contributed by atoms with Gasteiger partial charge >= 0.3 is 5.97 Å². The summed E-state index contributed by atoms with van der Waals surface area (Å²) in [4.78, 5) is 11.9. The summed E-state index contributed by atoms with van der Waals surface area (Å²) in [5.74, 6) is 1.06. The first-order valence-corrected chi connectivity index (χ1v) is 17.8. The molecule has 0 radical (unpaired) electrons. The first-order valence-electron chi connectivity index (χ1n) is 17.8. The molecule has 17 atom stereocenters. The third-order valence-electron chi connectivity index (χ3n) is 14.1. The number of carbonyl (C=O) groups excluding carboxylic acids is 1. The van der Waals surface area contributed by atoms with E-state index < -0.39 is 67.5 Å². The van der Waals surface area contributed by atoms with Crippen LogP contribution in [0.3, 0.4) is 0 Å². The number of cyclic esters (lactones) is 1. The number of hydrogen-bond donors (Lipinski definition) is 6. The van der Waals surface area contributed by atoms with Crippen LogP contribution in [0, 0.1) is 34.5 Å². The number of hydrogen-bond acceptors (Lipinski definition) is 12. The van der Waals surface area contributed by atoms with Crippen molar-refractivity contribution in [2.24, 2.45) is 34.5 Å². The lowest BCUT2D eigenvalue weighted by Crippen LogP contribution is -2.62. The van der Waals surface area contributed by atoms with Crippen LogP contribution in [0.2, 0.25) is 0 Å². The molecule has 3 aliphatic heterocycles. The maximum absolute atomic E-state index is 12.5. The Hall–Kier alpha value is -1.19. The van der Waals surface area contributed by atoms with Gasteiger partial charge in [0.1, 0.15) is 37.1 Å². The summed E-state index contributed by atoms with van der Waals surface area (Å²) in [6, 6.07) is 0. The van der Waals surface area contributed by atoms with Crippen LogP contribution in [0.5, 0.6) is 0 Å². The average molecular weight is 667 g/mol. The molecule has 0 aromatic rings. The molecule has 7 rings (SSSR count). The summed E-state index contributed by atoms with van der Waals surface area (Å²) in [6.07, 6.45) is 0.0861. The van der Waals surface area contributed by atoms with Gasteiger partial charge in [-0.25, -0.2) is 4.79 Å². The van der Waals surface area contributed by atoms with Crippen molar-refractivity contribution in [3.8, 4) is 0 Å². The summed E-state index contributed by atoms with van der Waals surface area (Å²) in [5, 5.41) is 63.6. The van der Waals surface area contributed by atoms with E-state index in [2.05, 4.69) is 13.8 Å². The Bertz CT molecular complexity index is 1200. The van der Waals surface area contributed by atoms with Gasteiger partial charge in [-0.05, 0) is 99.4 Å². The van der Waals surface area contributed by atoms with Gasteiger partial charge in [-0.1, -0.05) is 13.8 Å². The first-order chi connectivity index (χ1) is 22.3. The molecule has 3 heterocycles. The number of aliphatic hydroxyl groups excluding tert-OH is 5. The highest BCUT2D eigenvalue weighted by Crippen LogP contribution is 2.70. The van der Waals surface area contributed by atoms with E-state index in [4.69, 9.17) is 23.7 Å². The lowest BCUT2D eigenvalue weighted by molar-refractivity contribution is -0.344. The van der Waals surface area contributed by atoms with Crippen LogP contribution in [0.1, 0.15) is 85.0 Å². The monoisotopic (exact) mass is 666 g/mol. The quantitative estimate of drug-likeness (QED) is 0.177. The van der Waals surface area contributed by atoms with E-state index in [9.17, 15) is 35.4 Å². The van der Waals surface area contributed by atoms with E-state index in [0.29, 0.717) is 18.4 Å². The summed E-state index contributed by atoms with van der Waals surface area (Å²) in [5.41, 5.74) is 0.164. The summed E-state index contributed by atoms with van der Waals surface area (Å²) >= 11 is 0. The van der Waals surface area contributed by atoms with Crippen molar-refractivity contribution < 1.29 is 59.1 Å². The molecule has 6 N–H and O–H groups in total. The second kappa shape index (κ2) is 12.5. The van der Waals surface area contributed by atoms with Gasteiger partial charge < -0.3 is 54.3 Å². The summed E-state index contributed by atoms with van der Waals surface area (Å²) in [7, 11) is 0. The zero-order chi connectivity index (χ0) is 33.5. The molecule has 12 nitrogen and oxygen atoms in total. The van der Waals surface area contributed by atoms with Gasteiger partial charge in [-0.2, -0.15) is 0 Å². The van der Waals surface area contributed by atoms with Crippen LogP contribution >= 0.6 is 0 Å². The van der Waals surface area contributed by atoms with Gasteiger partial charge in [0.05, 0.1) is 30.5 Å². The van der Waals surface area contributed by atoms with E-state index in [1.807, 2.05) is 0 Å². The molecule has 4 aliphatic carbocycles. The molecule has 2 saturated heterocycles. The highest BCUT2D eigenvalue weighted by atomic mass is 16.7. The third kappa shape index (κ3) is 5.53. The fraction of sp³-hybridized carbons (Fsp3) is 0.914. The van der Waals surface area contributed by atoms with Gasteiger partial charge in [0.2, 0.25) is 0 Å². The summed E-state index contributed by atoms with van der Waals surface area (Å²) < 4.78 is 29.2. The van der Waals surface area contributed by atoms with E-state index in [1.165, 1.54) is 0 Å².